The molecule has 2 aromatic rings. The standard InChI is InChI=1S/C16H14ClN3O5/c1-9-3-4-12(13(17)5-9)16(22)19-18-8-10-6-11(20(23)24)7-14(25-2)15(10)21/h3-8,21H,1-2H3,(H,19,22). The molecule has 0 aliphatic carbocycles. The Kier molecular flexibility index (Phi) is 5.56. The van der Waals surface area contributed by atoms with E-state index in [0.717, 1.165) is 23.9 Å². The number of nitro groups is 1. The molecule has 0 bridgehead atoms. The van der Waals surface area contributed by atoms with Gasteiger partial charge < -0.3 is 9.84 Å². The number of nitrogens with one attached hydrogen (secondary N) is 1. The first-order valence-corrected chi connectivity index (χ1v) is 7.36. The van der Waals surface area contributed by atoms with Crippen molar-refractivity contribution in [1.82, 2.24) is 5.43 Å². The number of amides is 1. The molecule has 0 radical (unpaired) electrons. The lowest BCUT2D eigenvalue weighted by molar-refractivity contribution is -0.385. The number of hydrogen-bond acceptors (Lipinski definition) is 6. The molecule has 0 fully saturated rings. The second-order valence-corrected chi connectivity index (χ2v) is 5.43. The number of hydrogen-bond donors (Lipinski definition) is 2. The first kappa shape index (κ1) is 18.2. The van der Waals surface area contributed by atoms with Crippen molar-refractivity contribution in [2.24, 2.45) is 5.10 Å². The lowest BCUT2D eigenvalue weighted by atomic mass is 10.1. The van der Waals surface area contributed by atoms with Crippen molar-refractivity contribution in [3.8, 4) is 11.5 Å². The minimum absolute atomic E-state index is 0.0151. The second-order valence-electron chi connectivity index (χ2n) is 5.03. The van der Waals surface area contributed by atoms with E-state index >= 15 is 0 Å². The van der Waals surface area contributed by atoms with E-state index in [0.29, 0.717) is 0 Å². The third kappa shape index (κ3) is 4.24. The van der Waals surface area contributed by atoms with Gasteiger partial charge in [0.1, 0.15) is 0 Å². The fourth-order valence-electron chi connectivity index (χ4n) is 2.00. The van der Waals surface area contributed by atoms with Crippen LogP contribution in [0.4, 0.5) is 5.69 Å². The maximum absolute atomic E-state index is 12.0. The van der Waals surface area contributed by atoms with Gasteiger partial charge in [0.2, 0.25) is 0 Å². The Labute approximate surface area is 147 Å². The average molecular weight is 364 g/mol. The van der Waals surface area contributed by atoms with Crippen molar-refractivity contribution in [1.29, 1.82) is 0 Å². The van der Waals surface area contributed by atoms with Crippen LogP contribution in [0.25, 0.3) is 0 Å². The van der Waals surface area contributed by atoms with Gasteiger partial charge in [-0.25, -0.2) is 5.43 Å². The number of rotatable bonds is 5. The van der Waals surface area contributed by atoms with E-state index in [9.17, 15) is 20.0 Å². The molecule has 0 heterocycles. The fraction of sp³-hybridized carbons (Fsp3) is 0.125. The SMILES string of the molecule is COc1cc([N+](=O)[O-])cc(C=NNC(=O)c2ccc(C)cc2Cl)c1O. The summed E-state index contributed by atoms with van der Waals surface area (Å²) < 4.78 is 4.88. The number of phenols is 1. The van der Waals surface area contributed by atoms with E-state index in [2.05, 4.69) is 10.5 Å². The normalized spacial score (nSPS) is 10.7. The highest BCUT2D eigenvalue weighted by Crippen LogP contribution is 2.33. The van der Waals surface area contributed by atoms with Gasteiger partial charge in [0.25, 0.3) is 11.6 Å². The number of carbonyl (C=O) groups excluding carboxylic acids is 1. The third-order valence-corrected chi connectivity index (χ3v) is 3.57. The molecule has 0 spiro atoms. The molecule has 0 saturated heterocycles. The maximum Gasteiger partial charge on any atom is 0.274 e. The zero-order chi connectivity index (χ0) is 18.6. The number of ether oxygens (including phenoxy) is 1. The average Bonchev–Trinajstić information content (AvgIpc) is 2.55. The molecule has 130 valence electrons. The molecule has 0 saturated carbocycles. The first-order chi connectivity index (χ1) is 11.8. The molecule has 0 unspecified atom stereocenters. The van der Waals surface area contributed by atoms with Crippen molar-refractivity contribution in [3.05, 3.63) is 62.2 Å². The van der Waals surface area contributed by atoms with Crippen LogP contribution >= 0.6 is 11.6 Å². The monoisotopic (exact) mass is 363 g/mol. The minimum Gasteiger partial charge on any atom is -0.504 e. The van der Waals surface area contributed by atoms with Gasteiger partial charge in [-0.05, 0) is 24.6 Å². The van der Waals surface area contributed by atoms with Crippen LogP contribution in [0, 0.1) is 17.0 Å². The lowest BCUT2D eigenvalue weighted by Gasteiger charge is -2.06. The van der Waals surface area contributed by atoms with E-state index in [-0.39, 0.29) is 33.3 Å². The predicted octanol–water partition coefficient (Wildman–Crippen LogP) is 3.03. The van der Waals surface area contributed by atoms with Crippen LogP contribution in [0.3, 0.4) is 0 Å². The van der Waals surface area contributed by atoms with Gasteiger partial charge in [-0.3, -0.25) is 14.9 Å². The number of aromatic hydroxyl groups is 1. The Morgan fingerprint density at radius 3 is 2.72 bits per heavy atom. The van der Waals surface area contributed by atoms with Crippen molar-refractivity contribution in [3.63, 3.8) is 0 Å². The Balaban J connectivity index is 2.23. The molecule has 1 amide bonds. The van der Waals surface area contributed by atoms with Crippen molar-refractivity contribution >= 4 is 29.4 Å². The zero-order valence-corrected chi connectivity index (χ0v) is 14.1. The largest absolute Gasteiger partial charge is 0.504 e. The summed E-state index contributed by atoms with van der Waals surface area (Å²) in [5.41, 5.74) is 3.10. The summed E-state index contributed by atoms with van der Waals surface area (Å²) >= 11 is 6.00. The van der Waals surface area contributed by atoms with Crippen LogP contribution < -0.4 is 10.2 Å². The van der Waals surface area contributed by atoms with Crippen LogP contribution in [-0.4, -0.2) is 29.3 Å². The molecule has 0 atom stereocenters. The Bertz CT molecular complexity index is 867. The van der Waals surface area contributed by atoms with E-state index in [1.54, 1.807) is 18.2 Å². The summed E-state index contributed by atoms with van der Waals surface area (Å²) in [5, 5.41) is 24.9. The highest BCUT2D eigenvalue weighted by molar-refractivity contribution is 6.33. The molecular weight excluding hydrogens is 350 g/mol. The molecule has 9 heteroatoms. The molecule has 25 heavy (non-hydrogen) atoms. The summed E-state index contributed by atoms with van der Waals surface area (Å²) in [6.07, 6.45) is 1.07. The number of carbonyl (C=O) groups is 1. The van der Waals surface area contributed by atoms with Gasteiger partial charge in [-0.1, -0.05) is 17.7 Å². The van der Waals surface area contributed by atoms with Gasteiger partial charge >= 0.3 is 0 Å². The van der Waals surface area contributed by atoms with Gasteiger partial charge in [-0.15, -0.1) is 0 Å². The molecule has 0 aliphatic rings. The number of benzene rings is 2. The van der Waals surface area contributed by atoms with E-state index in [4.69, 9.17) is 16.3 Å². The predicted molar refractivity (Wildman–Crippen MR) is 92.6 cm³/mol. The maximum atomic E-state index is 12.0. The number of halogens is 1. The van der Waals surface area contributed by atoms with Gasteiger partial charge in [0.05, 0.1) is 34.9 Å². The fourth-order valence-corrected chi connectivity index (χ4v) is 2.32. The molecule has 0 aliphatic heterocycles. The Hall–Kier alpha value is -3.13. The van der Waals surface area contributed by atoms with Gasteiger partial charge in [-0.2, -0.15) is 5.10 Å². The number of phenolic OH excluding ortho intramolecular Hbond substituents is 1. The molecular formula is C16H14ClN3O5. The summed E-state index contributed by atoms with van der Waals surface area (Å²) in [4.78, 5) is 22.3. The number of hydrazone groups is 1. The number of methoxy groups -OCH3 is 1. The van der Waals surface area contributed by atoms with Gasteiger partial charge in [0.15, 0.2) is 11.5 Å². The van der Waals surface area contributed by atoms with Crippen molar-refractivity contribution < 1.29 is 19.6 Å². The van der Waals surface area contributed by atoms with Crippen LogP contribution in [0.2, 0.25) is 5.02 Å². The van der Waals surface area contributed by atoms with Crippen LogP contribution in [0.5, 0.6) is 11.5 Å². The van der Waals surface area contributed by atoms with Crippen molar-refractivity contribution in [2.45, 2.75) is 6.92 Å². The van der Waals surface area contributed by atoms with E-state index in [1.807, 2.05) is 6.92 Å². The van der Waals surface area contributed by atoms with Crippen LogP contribution in [0.15, 0.2) is 35.4 Å². The number of nitro benzene ring substituents is 1. The quantitative estimate of drug-likeness (QED) is 0.481. The lowest BCUT2D eigenvalue weighted by Crippen LogP contribution is -2.18. The molecule has 2 aromatic carbocycles. The zero-order valence-electron chi connectivity index (χ0n) is 13.3. The summed E-state index contributed by atoms with van der Waals surface area (Å²) in [6.45, 7) is 1.84. The smallest absolute Gasteiger partial charge is 0.274 e. The molecule has 8 nitrogen and oxygen atoms in total. The molecule has 2 N–H and O–H groups in total. The Morgan fingerprint density at radius 2 is 2.12 bits per heavy atom. The van der Waals surface area contributed by atoms with Crippen LogP contribution in [0.1, 0.15) is 21.5 Å². The minimum atomic E-state index is -0.635. The number of aryl methyl sites for hydroxylation is 1. The Morgan fingerprint density at radius 1 is 1.40 bits per heavy atom. The summed E-state index contributed by atoms with van der Waals surface area (Å²) in [6, 6.07) is 7.10. The highest BCUT2D eigenvalue weighted by atomic mass is 35.5. The first-order valence-electron chi connectivity index (χ1n) is 6.98. The molecule has 0 aromatic heterocycles. The topological polar surface area (TPSA) is 114 Å². The summed E-state index contributed by atoms with van der Waals surface area (Å²) in [5.74, 6) is -0.971. The van der Waals surface area contributed by atoms with Crippen LogP contribution in [-0.2, 0) is 0 Å². The highest BCUT2D eigenvalue weighted by Gasteiger charge is 2.16. The van der Waals surface area contributed by atoms with Gasteiger partial charge in [0, 0.05) is 11.6 Å². The second kappa shape index (κ2) is 7.63. The number of nitrogens with zero attached hydrogens (tertiary/aromatic N) is 2. The van der Waals surface area contributed by atoms with E-state index in [1.165, 1.54) is 7.11 Å². The summed E-state index contributed by atoms with van der Waals surface area (Å²) in [7, 11) is 1.26. The third-order valence-electron chi connectivity index (χ3n) is 3.26. The number of non-ortho nitro benzene ring substituents is 1. The van der Waals surface area contributed by atoms with Crippen molar-refractivity contribution in [2.75, 3.05) is 7.11 Å². The molecule has 2 rings (SSSR count). The van der Waals surface area contributed by atoms with E-state index < -0.39 is 10.8 Å².